The van der Waals surface area contributed by atoms with E-state index in [1.807, 2.05) is 0 Å². The summed E-state index contributed by atoms with van der Waals surface area (Å²) < 4.78 is 24.5. The van der Waals surface area contributed by atoms with Gasteiger partial charge in [0.1, 0.15) is 0 Å². The van der Waals surface area contributed by atoms with Crippen molar-refractivity contribution in [2.24, 2.45) is 0 Å². The van der Waals surface area contributed by atoms with Crippen LogP contribution in [0.5, 0.6) is 0 Å². The van der Waals surface area contributed by atoms with Crippen LogP contribution >= 0.6 is 0 Å². The fourth-order valence-corrected chi connectivity index (χ4v) is 5.26. The van der Waals surface area contributed by atoms with Gasteiger partial charge in [-0.25, -0.2) is 8.42 Å². The summed E-state index contributed by atoms with van der Waals surface area (Å²) in [4.78, 5) is 15.6. The van der Waals surface area contributed by atoms with Gasteiger partial charge in [0, 0.05) is 17.6 Å². The summed E-state index contributed by atoms with van der Waals surface area (Å²) in [6, 6.07) is 7.27. The summed E-state index contributed by atoms with van der Waals surface area (Å²) in [6.45, 7) is 3.35. The highest BCUT2D eigenvalue weighted by Gasteiger charge is 2.34. The van der Waals surface area contributed by atoms with E-state index >= 15 is 0 Å². The van der Waals surface area contributed by atoms with Crippen molar-refractivity contribution >= 4 is 15.7 Å². The van der Waals surface area contributed by atoms with Crippen molar-refractivity contribution in [2.45, 2.75) is 87.4 Å². The maximum Gasteiger partial charge on any atom is 0.254 e. The highest BCUT2D eigenvalue weighted by molar-refractivity contribution is 7.92. The molecule has 2 aliphatic rings. The SMILES string of the molecule is CC(C)S(=O)(=O)c1ccc(C(=O)N(C2CCCC2)C2CCCC2)cc1. The summed E-state index contributed by atoms with van der Waals surface area (Å²) in [7, 11) is -3.30. The average molecular weight is 364 g/mol. The first-order chi connectivity index (χ1) is 11.9. The fourth-order valence-electron chi connectivity index (χ4n) is 4.20. The van der Waals surface area contributed by atoms with Crippen molar-refractivity contribution < 1.29 is 13.2 Å². The smallest absolute Gasteiger partial charge is 0.254 e. The molecule has 25 heavy (non-hydrogen) atoms. The largest absolute Gasteiger partial charge is 0.333 e. The Labute approximate surface area is 151 Å². The van der Waals surface area contributed by atoms with E-state index in [0.29, 0.717) is 22.5 Å². The second-order valence-electron chi connectivity index (χ2n) is 7.71. The third-order valence-corrected chi connectivity index (χ3v) is 7.89. The standard InChI is InChI=1S/C20H29NO3S/c1-15(2)25(23,24)19-13-11-16(12-14-19)20(22)21(17-7-3-4-8-17)18-9-5-6-10-18/h11-15,17-18H,3-10H2,1-2H3. The number of benzene rings is 1. The monoisotopic (exact) mass is 363 g/mol. The molecule has 4 nitrogen and oxygen atoms in total. The van der Waals surface area contributed by atoms with Crippen LogP contribution < -0.4 is 0 Å². The number of amides is 1. The van der Waals surface area contributed by atoms with Gasteiger partial charge in [0.15, 0.2) is 9.84 Å². The Morgan fingerprint density at radius 1 is 0.920 bits per heavy atom. The molecule has 2 fully saturated rings. The van der Waals surface area contributed by atoms with Crippen molar-refractivity contribution in [2.75, 3.05) is 0 Å². The molecule has 2 saturated carbocycles. The van der Waals surface area contributed by atoms with Crippen LogP contribution in [-0.4, -0.2) is 36.6 Å². The number of hydrogen-bond acceptors (Lipinski definition) is 3. The molecule has 5 heteroatoms. The highest BCUT2D eigenvalue weighted by Crippen LogP contribution is 2.33. The molecule has 1 aromatic carbocycles. The minimum atomic E-state index is -3.30. The zero-order chi connectivity index (χ0) is 18.0. The van der Waals surface area contributed by atoms with Gasteiger partial charge < -0.3 is 4.90 Å². The summed E-state index contributed by atoms with van der Waals surface area (Å²) in [5, 5.41) is -0.456. The Morgan fingerprint density at radius 3 is 1.76 bits per heavy atom. The van der Waals surface area contributed by atoms with Crippen LogP contribution in [0, 0.1) is 0 Å². The third kappa shape index (κ3) is 3.76. The number of hydrogen-bond donors (Lipinski definition) is 0. The van der Waals surface area contributed by atoms with Gasteiger partial charge in [-0.15, -0.1) is 0 Å². The Bertz CT molecular complexity index is 681. The zero-order valence-corrected chi connectivity index (χ0v) is 16.1. The number of nitrogens with zero attached hydrogens (tertiary/aromatic N) is 1. The lowest BCUT2D eigenvalue weighted by Gasteiger charge is -2.34. The molecule has 3 rings (SSSR count). The normalized spacial score (nSPS) is 19.6. The number of sulfone groups is 1. The van der Waals surface area contributed by atoms with Crippen molar-refractivity contribution in [3.8, 4) is 0 Å². The lowest BCUT2D eigenvalue weighted by atomic mass is 10.1. The fraction of sp³-hybridized carbons (Fsp3) is 0.650. The van der Waals surface area contributed by atoms with Crippen LogP contribution in [0.25, 0.3) is 0 Å². The molecule has 138 valence electrons. The minimum absolute atomic E-state index is 0.0762. The second kappa shape index (κ2) is 7.48. The van der Waals surface area contributed by atoms with Crippen LogP contribution in [0.2, 0.25) is 0 Å². The maximum atomic E-state index is 13.2. The van der Waals surface area contributed by atoms with Crippen molar-refractivity contribution in [1.29, 1.82) is 0 Å². The molecule has 0 atom stereocenters. The number of rotatable bonds is 5. The highest BCUT2D eigenvalue weighted by atomic mass is 32.2. The van der Waals surface area contributed by atoms with Crippen LogP contribution in [0.4, 0.5) is 0 Å². The Kier molecular flexibility index (Phi) is 5.52. The van der Waals surface area contributed by atoms with Crippen molar-refractivity contribution in [3.05, 3.63) is 29.8 Å². The van der Waals surface area contributed by atoms with Crippen molar-refractivity contribution in [1.82, 2.24) is 4.90 Å². The van der Waals surface area contributed by atoms with E-state index in [9.17, 15) is 13.2 Å². The first-order valence-electron chi connectivity index (χ1n) is 9.58. The molecule has 0 radical (unpaired) electrons. The lowest BCUT2D eigenvalue weighted by Crippen LogP contribution is -2.45. The minimum Gasteiger partial charge on any atom is -0.333 e. The van der Waals surface area contributed by atoms with Gasteiger partial charge in [0.05, 0.1) is 10.1 Å². The molecule has 0 saturated heterocycles. The molecule has 0 heterocycles. The lowest BCUT2D eigenvalue weighted by molar-refractivity contribution is 0.0580. The molecule has 0 bridgehead atoms. The van der Waals surface area contributed by atoms with Gasteiger partial charge in [-0.3, -0.25) is 4.79 Å². The second-order valence-corrected chi connectivity index (χ2v) is 10.2. The van der Waals surface area contributed by atoms with Gasteiger partial charge in [-0.2, -0.15) is 0 Å². The van der Waals surface area contributed by atoms with E-state index < -0.39 is 15.1 Å². The molecule has 0 aromatic heterocycles. The van der Waals surface area contributed by atoms with Crippen LogP contribution in [0.3, 0.4) is 0 Å². The summed E-state index contributed by atoms with van der Waals surface area (Å²) in [6.07, 6.45) is 9.20. The number of carbonyl (C=O) groups excluding carboxylic acids is 1. The summed E-state index contributed by atoms with van der Waals surface area (Å²) in [5.74, 6) is 0.0762. The van der Waals surface area contributed by atoms with E-state index in [1.165, 1.54) is 25.7 Å². The molecule has 2 aliphatic carbocycles. The average Bonchev–Trinajstić information content (AvgIpc) is 3.29. The van der Waals surface area contributed by atoms with Gasteiger partial charge in [-0.05, 0) is 63.8 Å². The first kappa shape index (κ1) is 18.4. The molecule has 1 aromatic rings. The Balaban J connectivity index is 1.84. The van der Waals surface area contributed by atoms with E-state index in [-0.39, 0.29) is 5.91 Å². The molecule has 0 N–H and O–H groups in total. The van der Waals surface area contributed by atoms with E-state index in [2.05, 4.69) is 4.90 Å². The van der Waals surface area contributed by atoms with E-state index in [1.54, 1.807) is 38.1 Å². The van der Waals surface area contributed by atoms with Gasteiger partial charge in [-0.1, -0.05) is 25.7 Å². The van der Waals surface area contributed by atoms with E-state index in [4.69, 9.17) is 0 Å². The van der Waals surface area contributed by atoms with Crippen LogP contribution in [-0.2, 0) is 9.84 Å². The Hall–Kier alpha value is -1.36. The number of carbonyl (C=O) groups is 1. The molecule has 0 unspecified atom stereocenters. The molecular weight excluding hydrogens is 334 g/mol. The summed E-state index contributed by atoms with van der Waals surface area (Å²) in [5.41, 5.74) is 0.613. The first-order valence-corrected chi connectivity index (χ1v) is 11.1. The van der Waals surface area contributed by atoms with Gasteiger partial charge >= 0.3 is 0 Å². The quantitative estimate of drug-likeness (QED) is 0.788. The predicted octanol–water partition coefficient (Wildman–Crippen LogP) is 4.20. The third-order valence-electron chi connectivity index (χ3n) is 5.72. The van der Waals surface area contributed by atoms with Crippen molar-refractivity contribution in [3.63, 3.8) is 0 Å². The maximum absolute atomic E-state index is 13.2. The van der Waals surface area contributed by atoms with Gasteiger partial charge in [0.2, 0.25) is 0 Å². The van der Waals surface area contributed by atoms with Crippen LogP contribution in [0.15, 0.2) is 29.2 Å². The van der Waals surface area contributed by atoms with Gasteiger partial charge in [0.25, 0.3) is 5.91 Å². The molecular formula is C20H29NO3S. The van der Waals surface area contributed by atoms with E-state index in [0.717, 1.165) is 25.7 Å². The molecule has 0 spiro atoms. The molecule has 1 amide bonds. The van der Waals surface area contributed by atoms with Crippen LogP contribution in [0.1, 0.15) is 75.6 Å². The Morgan fingerprint density at radius 2 is 1.36 bits per heavy atom. The predicted molar refractivity (Wildman–Crippen MR) is 99.4 cm³/mol. The zero-order valence-electron chi connectivity index (χ0n) is 15.3. The topological polar surface area (TPSA) is 54.5 Å². The summed E-state index contributed by atoms with van der Waals surface area (Å²) >= 11 is 0. The molecule has 0 aliphatic heterocycles.